The van der Waals surface area contributed by atoms with E-state index in [1.54, 1.807) is 18.2 Å². The van der Waals surface area contributed by atoms with E-state index < -0.39 is 0 Å². The molecule has 0 aliphatic heterocycles. The van der Waals surface area contributed by atoms with Gasteiger partial charge in [-0.25, -0.2) is 0 Å². The quantitative estimate of drug-likeness (QED) is 0.755. The van der Waals surface area contributed by atoms with E-state index in [1.807, 2.05) is 7.05 Å². The second-order valence-corrected chi connectivity index (χ2v) is 4.46. The Morgan fingerprint density at radius 2 is 2.06 bits per heavy atom. The van der Waals surface area contributed by atoms with E-state index in [0.29, 0.717) is 22.0 Å². The Bertz CT molecular complexity index is 379. The molecule has 1 rings (SSSR count). The second-order valence-electron chi connectivity index (χ2n) is 3.67. The van der Waals surface area contributed by atoms with Crippen molar-refractivity contribution in [1.29, 1.82) is 0 Å². The number of carbonyl (C=O) groups is 1. The lowest BCUT2D eigenvalue weighted by atomic mass is 10.1. The molecular weight excluding hydrogens is 245 g/mol. The van der Waals surface area contributed by atoms with E-state index >= 15 is 0 Å². The zero-order chi connectivity index (χ0) is 12.1. The van der Waals surface area contributed by atoms with Crippen molar-refractivity contribution in [3.8, 4) is 0 Å². The van der Waals surface area contributed by atoms with Gasteiger partial charge in [0, 0.05) is 18.5 Å². The van der Waals surface area contributed by atoms with Crippen molar-refractivity contribution in [3.05, 3.63) is 33.8 Å². The molecule has 0 bridgehead atoms. The van der Waals surface area contributed by atoms with Gasteiger partial charge in [0.25, 0.3) is 0 Å². The molecule has 0 aromatic heterocycles. The van der Waals surface area contributed by atoms with E-state index in [0.717, 1.165) is 13.1 Å². The van der Waals surface area contributed by atoms with Gasteiger partial charge < -0.3 is 4.90 Å². The number of benzene rings is 1. The summed E-state index contributed by atoms with van der Waals surface area (Å²) in [4.78, 5) is 13.9. The Labute approximate surface area is 106 Å². The van der Waals surface area contributed by atoms with Crippen molar-refractivity contribution < 1.29 is 4.79 Å². The minimum absolute atomic E-state index is 0.0350. The molecule has 0 unspecified atom stereocenters. The number of nitrogens with zero attached hydrogens (tertiary/aromatic N) is 1. The van der Waals surface area contributed by atoms with Crippen molar-refractivity contribution in [2.75, 3.05) is 20.1 Å². The van der Waals surface area contributed by atoms with Crippen LogP contribution in [0, 0.1) is 0 Å². The molecule has 88 valence electrons. The van der Waals surface area contributed by atoms with E-state index in [-0.39, 0.29) is 5.78 Å². The zero-order valence-corrected chi connectivity index (χ0v) is 11.0. The van der Waals surface area contributed by atoms with Gasteiger partial charge in [-0.3, -0.25) is 4.79 Å². The van der Waals surface area contributed by atoms with Crippen LogP contribution in [0.4, 0.5) is 0 Å². The first kappa shape index (κ1) is 13.5. The maximum atomic E-state index is 11.9. The topological polar surface area (TPSA) is 20.3 Å². The maximum Gasteiger partial charge on any atom is 0.165 e. The number of rotatable bonds is 5. The maximum absolute atomic E-state index is 11.9. The molecule has 0 spiro atoms. The van der Waals surface area contributed by atoms with E-state index in [1.165, 1.54) is 0 Å². The summed E-state index contributed by atoms with van der Waals surface area (Å²) in [6, 6.07) is 5.13. The van der Waals surface area contributed by atoms with Gasteiger partial charge in [0.2, 0.25) is 0 Å². The summed E-state index contributed by atoms with van der Waals surface area (Å²) in [5.41, 5.74) is 0.513. The van der Waals surface area contributed by atoms with Gasteiger partial charge in [-0.1, -0.05) is 36.2 Å². The van der Waals surface area contributed by atoms with Gasteiger partial charge in [-0.15, -0.1) is 0 Å². The van der Waals surface area contributed by atoms with Crippen molar-refractivity contribution in [1.82, 2.24) is 4.90 Å². The SMILES string of the molecule is CCN(C)CCC(=O)c1cccc(Cl)c1Cl. The van der Waals surface area contributed by atoms with Gasteiger partial charge >= 0.3 is 0 Å². The number of hydrogen-bond acceptors (Lipinski definition) is 2. The molecule has 0 aliphatic rings. The summed E-state index contributed by atoms with van der Waals surface area (Å²) < 4.78 is 0. The van der Waals surface area contributed by atoms with Crippen molar-refractivity contribution in [2.45, 2.75) is 13.3 Å². The van der Waals surface area contributed by atoms with Crippen LogP contribution in [-0.2, 0) is 0 Å². The Kier molecular flexibility index (Phi) is 5.26. The third kappa shape index (κ3) is 3.48. The van der Waals surface area contributed by atoms with Gasteiger partial charge in [-0.05, 0) is 25.7 Å². The first-order chi connectivity index (χ1) is 7.56. The van der Waals surface area contributed by atoms with Crippen LogP contribution in [0.25, 0.3) is 0 Å². The third-order valence-electron chi connectivity index (χ3n) is 2.51. The van der Waals surface area contributed by atoms with E-state index in [4.69, 9.17) is 23.2 Å². The van der Waals surface area contributed by atoms with Crippen LogP contribution < -0.4 is 0 Å². The molecule has 0 N–H and O–H groups in total. The first-order valence-electron chi connectivity index (χ1n) is 5.22. The lowest BCUT2D eigenvalue weighted by Crippen LogP contribution is -2.21. The highest BCUT2D eigenvalue weighted by molar-refractivity contribution is 6.43. The Morgan fingerprint density at radius 1 is 1.38 bits per heavy atom. The molecular formula is C12H15Cl2NO. The van der Waals surface area contributed by atoms with E-state index in [2.05, 4.69) is 11.8 Å². The Morgan fingerprint density at radius 3 is 2.69 bits per heavy atom. The van der Waals surface area contributed by atoms with Crippen molar-refractivity contribution in [3.63, 3.8) is 0 Å². The average molecular weight is 260 g/mol. The highest BCUT2D eigenvalue weighted by Crippen LogP contribution is 2.26. The van der Waals surface area contributed by atoms with Crippen molar-refractivity contribution >= 4 is 29.0 Å². The molecule has 16 heavy (non-hydrogen) atoms. The number of Topliss-reactive ketones (excluding diaryl/α,β-unsaturated/α-hetero) is 1. The average Bonchev–Trinajstić information content (AvgIpc) is 2.29. The summed E-state index contributed by atoms with van der Waals surface area (Å²) in [6.07, 6.45) is 0.463. The second kappa shape index (κ2) is 6.24. The summed E-state index contributed by atoms with van der Waals surface area (Å²) in [5, 5.41) is 0.782. The molecule has 4 heteroatoms. The van der Waals surface area contributed by atoms with Crippen LogP contribution in [0.5, 0.6) is 0 Å². The molecule has 1 aromatic rings. The summed E-state index contributed by atoms with van der Waals surface area (Å²) in [5.74, 6) is 0.0350. The fraction of sp³-hybridized carbons (Fsp3) is 0.417. The van der Waals surface area contributed by atoms with Crippen LogP contribution in [0.2, 0.25) is 10.0 Å². The summed E-state index contributed by atoms with van der Waals surface area (Å²) in [7, 11) is 1.98. The summed E-state index contributed by atoms with van der Waals surface area (Å²) >= 11 is 11.8. The number of hydrogen-bond donors (Lipinski definition) is 0. The molecule has 2 nitrogen and oxygen atoms in total. The number of halogens is 2. The highest BCUT2D eigenvalue weighted by atomic mass is 35.5. The van der Waals surface area contributed by atoms with Crippen LogP contribution in [0.1, 0.15) is 23.7 Å². The standard InChI is InChI=1S/C12H15Cl2NO/c1-3-15(2)8-7-11(16)9-5-4-6-10(13)12(9)14/h4-6H,3,7-8H2,1-2H3. The van der Waals surface area contributed by atoms with Crippen LogP contribution in [-0.4, -0.2) is 30.8 Å². The number of ketones is 1. The fourth-order valence-corrected chi connectivity index (χ4v) is 1.71. The van der Waals surface area contributed by atoms with E-state index in [9.17, 15) is 4.79 Å². The smallest absolute Gasteiger partial charge is 0.165 e. The normalized spacial score (nSPS) is 10.8. The lowest BCUT2D eigenvalue weighted by Gasteiger charge is -2.13. The molecule has 1 aromatic carbocycles. The van der Waals surface area contributed by atoms with Crippen LogP contribution >= 0.6 is 23.2 Å². The predicted molar refractivity (Wildman–Crippen MR) is 68.6 cm³/mol. The first-order valence-corrected chi connectivity index (χ1v) is 5.97. The Hall–Kier alpha value is -0.570. The molecule has 0 radical (unpaired) electrons. The minimum atomic E-state index is 0.0350. The largest absolute Gasteiger partial charge is 0.306 e. The number of carbonyl (C=O) groups excluding carboxylic acids is 1. The predicted octanol–water partition coefficient (Wildman–Crippen LogP) is 3.52. The van der Waals surface area contributed by atoms with Crippen molar-refractivity contribution in [2.24, 2.45) is 0 Å². The molecule has 0 amide bonds. The van der Waals surface area contributed by atoms with Gasteiger partial charge in [-0.2, -0.15) is 0 Å². The van der Waals surface area contributed by atoms with Gasteiger partial charge in [0.05, 0.1) is 10.0 Å². The zero-order valence-electron chi connectivity index (χ0n) is 9.46. The molecule has 0 saturated carbocycles. The fourth-order valence-electron chi connectivity index (χ4n) is 1.30. The molecule has 0 atom stereocenters. The lowest BCUT2D eigenvalue weighted by molar-refractivity contribution is 0.0970. The van der Waals surface area contributed by atoms with Gasteiger partial charge in [0.15, 0.2) is 5.78 Å². The summed E-state index contributed by atoms with van der Waals surface area (Å²) in [6.45, 7) is 3.71. The van der Waals surface area contributed by atoms with Crippen LogP contribution in [0.3, 0.4) is 0 Å². The molecule has 0 fully saturated rings. The molecule has 0 aliphatic carbocycles. The monoisotopic (exact) mass is 259 g/mol. The molecule has 0 heterocycles. The van der Waals surface area contributed by atoms with Crippen LogP contribution in [0.15, 0.2) is 18.2 Å². The Balaban J connectivity index is 2.70. The van der Waals surface area contributed by atoms with Gasteiger partial charge in [0.1, 0.15) is 0 Å². The third-order valence-corrected chi connectivity index (χ3v) is 3.33. The highest BCUT2D eigenvalue weighted by Gasteiger charge is 2.12. The minimum Gasteiger partial charge on any atom is -0.306 e. The molecule has 0 saturated heterocycles.